The van der Waals surface area contributed by atoms with Gasteiger partial charge in [0.25, 0.3) is 0 Å². The van der Waals surface area contributed by atoms with Gasteiger partial charge in [-0.2, -0.15) is 5.10 Å². The highest BCUT2D eigenvalue weighted by Gasteiger charge is 2.22. The molecule has 0 saturated carbocycles. The molecule has 2 rings (SSSR count). The van der Waals surface area contributed by atoms with Crippen molar-refractivity contribution in [1.29, 1.82) is 0 Å². The number of hydrogen-bond donors (Lipinski definition) is 1. The summed E-state index contributed by atoms with van der Waals surface area (Å²) in [7, 11) is 0. The van der Waals surface area contributed by atoms with Crippen molar-refractivity contribution < 1.29 is 14.3 Å². The molecule has 1 aliphatic rings. The normalized spacial score (nSPS) is 20.4. The average molecular weight is 222 g/mol. The number of carbonyl (C=O) groups is 1. The van der Waals surface area contributed by atoms with Crippen molar-refractivity contribution in [3.8, 4) is 5.75 Å². The summed E-state index contributed by atoms with van der Waals surface area (Å²) in [6, 6.07) is 0. The molecule has 5 nitrogen and oxygen atoms in total. The second-order valence-corrected chi connectivity index (χ2v) is 3.63. The first-order chi connectivity index (χ1) is 7.81. The molecule has 0 aliphatic carbocycles. The Labute approximate surface area is 93.4 Å². The minimum Gasteiger partial charge on any atom is -0.420 e. The number of rotatable bonds is 3. The lowest BCUT2D eigenvalue weighted by Gasteiger charge is -2.21. The summed E-state index contributed by atoms with van der Waals surface area (Å²) in [6.45, 7) is 4.08. The highest BCUT2D eigenvalue weighted by atomic mass is 16.5. The van der Waals surface area contributed by atoms with Gasteiger partial charge >= 0.3 is 5.97 Å². The Kier molecular flexibility index (Phi) is 3.36. The lowest BCUT2D eigenvalue weighted by atomic mass is 10.1. The van der Waals surface area contributed by atoms with Crippen molar-refractivity contribution in [1.82, 2.24) is 10.2 Å². The van der Waals surface area contributed by atoms with Crippen molar-refractivity contribution in [3.63, 3.8) is 0 Å². The number of carbonyl (C=O) groups excluding carboxylic acids is 1. The van der Waals surface area contributed by atoms with E-state index in [1.165, 1.54) is 6.20 Å². The Morgan fingerprint density at radius 3 is 3.25 bits per heavy atom. The molecule has 2 heterocycles. The van der Waals surface area contributed by atoms with Gasteiger partial charge in [-0.3, -0.25) is 5.10 Å². The van der Waals surface area contributed by atoms with Gasteiger partial charge in [-0.1, -0.05) is 6.58 Å². The van der Waals surface area contributed by atoms with Crippen LogP contribution in [0, 0.1) is 0 Å². The maximum Gasteiger partial charge on any atom is 0.335 e. The van der Waals surface area contributed by atoms with Gasteiger partial charge in [-0.25, -0.2) is 4.79 Å². The summed E-state index contributed by atoms with van der Waals surface area (Å²) in [5, 5.41) is 6.69. The fourth-order valence-corrected chi connectivity index (χ4v) is 1.72. The van der Waals surface area contributed by atoms with Crippen LogP contribution >= 0.6 is 0 Å². The van der Waals surface area contributed by atoms with E-state index in [9.17, 15) is 4.79 Å². The molecule has 16 heavy (non-hydrogen) atoms. The largest absolute Gasteiger partial charge is 0.420 e. The van der Waals surface area contributed by atoms with Gasteiger partial charge in [-0.15, -0.1) is 0 Å². The van der Waals surface area contributed by atoms with Crippen LogP contribution < -0.4 is 4.74 Å². The predicted octanol–water partition coefficient (Wildman–Crippen LogP) is 1.74. The zero-order chi connectivity index (χ0) is 11.4. The summed E-state index contributed by atoms with van der Waals surface area (Å²) < 4.78 is 10.6. The van der Waals surface area contributed by atoms with Gasteiger partial charge in [0.05, 0.1) is 6.20 Å². The quantitative estimate of drug-likeness (QED) is 0.625. The third-order valence-electron chi connectivity index (χ3n) is 2.51. The predicted molar refractivity (Wildman–Crippen MR) is 57.0 cm³/mol. The summed E-state index contributed by atoms with van der Waals surface area (Å²) in [6.07, 6.45) is 5.66. The molecule has 1 aromatic rings. The zero-order valence-electron chi connectivity index (χ0n) is 8.94. The summed E-state index contributed by atoms with van der Waals surface area (Å²) in [4.78, 5) is 11.1. The fraction of sp³-hybridized carbons (Fsp3) is 0.455. The molecule has 1 aliphatic heterocycles. The van der Waals surface area contributed by atoms with Gasteiger partial charge in [0, 0.05) is 12.7 Å². The molecule has 1 atom stereocenters. The van der Waals surface area contributed by atoms with Crippen molar-refractivity contribution in [2.75, 3.05) is 6.61 Å². The first-order valence-corrected chi connectivity index (χ1v) is 5.30. The van der Waals surface area contributed by atoms with Crippen molar-refractivity contribution >= 4 is 5.97 Å². The number of esters is 1. The maximum absolute atomic E-state index is 11.1. The summed E-state index contributed by atoms with van der Waals surface area (Å²) >= 11 is 0. The average Bonchev–Trinajstić information content (AvgIpc) is 2.78. The van der Waals surface area contributed by atoms with E-state index in [1.54, 1.807) is 0 Å². The van der Waals surface area contributed by atoms with Crippen LogP contribution in [0.15, 0.2) is 18.9 Å². The zero-order valence-corrected chi connectivity index (χ0v) is 8.94. The van der Waals surface area contributed by atoms with Crippen LogP contribution in [0.25, 0.3) is 0 Å². The smallest absolute Gasteiger partial charge is 0.335 e. The number of hydrogen-bond acceptors (Lipinski definition) is 4. The van der Waals surface area contributed by atoms with Crippen LogP contribution in [-0.4, -0.2) is 22.8 Å². The first-order valence-electron chi connectivity index (χ1n) is 5.30. The monoisotopic (exact) mass is 222 g/mol. The standard InChI is InChI=1S/C11H14N2O3/c1-2-10(14)16-9-7-12-13-11(9)8-5-3-4-6-15-8/h2,7-8H,1,3-6H2,(H,12,13). The Hall–Kier alpha value is -1.62. The number of ether oxygens (including phenoxy) is 2. The summed E-state index contributed by atoms with van der Waals surface area (Å²) in [5.41, 5.74) is 0.731. The summed E-state index contributed by atoms with van der Waals surface area (Å²) in [5.74, 6) is -0.0599. The SMILES string of the molecule is C=CC(=O)Oc1cn[nH]c1C1CCCCO1. The van der Waals surface area contributed by atoms with Crippen LogP contribution in [-0.2, 0) is 9.53 Å². The number of aromatic amines is 1. The topological polar surface area (TPSA) is 64.2 Å². The van der Waals surface area contributed by atoms with E-state index >= 15 is 0 Å². The number of nitrogens with one attached hydrogen (secondary N) is 1. The van der Waals surface area contributed by atoms with Crippen LogP contribution in [0.5, 0.6) is 5.75 Å². The molecule has 1 unspecified atom stereocenters. The second-order valence-electron chi connectivity index (χ2n) is 3.63. The van der Waals surface area contributed by atoms with E-state index in [1.807, 2.05) is 0 Å². The highest BCUT2D eigenvalue weighted by molar-refractivity contribution is 5.83. The van der Waals surface area contributed by atoms with Gasteiger partial charge < -0.3 is 9.47 Å². The minimum atomic E-state index is -0.488. The lowest BCUT2D eigenvalue weighted by Crippen LogP contribution is -2.14. The lowest BCUT2D eigenvalue weighted by molar-refractivity contribution is -0.129. The molecular weight excluding hydrogens is 208 g/mol. The molecule has 5 heteroatoms. The van der Waals surface area contributed by atoms with Crippen LogP contribution in [0.3, 0.4) is 0 Å². The molecule has 1 N–H and O–H groups in total. The third-order valence-corrected chi connectivity index (χ3v) is 2.51. The molecule has 1 saturated heterocycles. The second kappa shape index (κ2) is 4.94. The Bertz CT molecular complexity index is 380. The Morgan fingerprint density at radius 2 is 2.56 bits per heavy atom. The van der Waals surface area contributed by atoms with Crippen LogP contribution in [0.4, 0.5) is 0 Å². The Morgan fingerprint density at radius 1 is 1.69 bits per heavy atom. The van der Waals surface area contributed by atoms with Gasteiger partial charge in [0.1, 0.15) is 11.8 Å². The van der Waals surface area contributed by atoms with Crippen molar-refractivity contribution in [3.05, 3.63) is 24.5 Å². The van der Waals surface area contributed by atoms with Gasteiger partial charge in [0.2, 0.25) is 0 Å². The molecule has 0 amide bonds. The van der Waals surface area contributed by atoms with E-state index in [2.05, 4.69) is 16.8 Å². The van der Waals surface area contributed by atoms with E-state index < -0.39 is 5.97 Å². The molecule has 86 valence electrons. The van der Waals surface area contributed by atoms with E-state index in [0.29, 0.717) is 5.75 Å². The molecule has 0 aromatic carbocycles. The molecule has 0 spiro atoms. The third kappa shape index (κ3) is 2.30. The first kappa shape index (κ1) is 10.9. The molecular formula is C11H14N2O3. The minimum absolute atomic E-state index is 0.0520. The molecule has 1 fully saturated rings. The van der Waals surface area contributed by atoms with Gasteiger partial charge in [-0.05, 0) is 19.3 Å². The number of nitrogens with zero attached hydrogens (tertiary/aromatic N) is 1. The van der Waals surface area contributed by atoms with E-state index in [-0.39, 0.29) is 6.10 Å². The number of aromatic nitrogens is 2. The number of H-pyrrole nitrogens is 1. The molecule has 1 aromatic heterocycles. The fourth-order valence-electron chi connectivity index (χ4n) is 1.72. The van der Waals surface area contributed by atoms with Gasteiger partial charge in [0.15, 0.2) is 5.75 Å². The van der Waals surface area contributed by atoms with Crippen molar-refractivity contribution in [2.24, 2.45) is 0 Å². The molecule has 0 bridgehead atoms. The van der Waals surface area contributed by atoms with Crippen LogP contribution in [0.1, 0.15) is 31.1 Å². The maximum atomic E-state index is 11.1. The van der Waals surface area contributed by atoms with E-state index in [0.717, 1.165) is 37.6 Å². The van der Waals surface area contributed by atoms with Crippen molar-refractivity contribution in [2.45, 2.75) is 25.4 Å². The Balaban J connectivity index is 2.11. The van der Waals surface area contributed by atoms with E-state index in [4.69, 9.17) is 9.47 Å². The van der Waals surface area contributed by atoms with Crippen LogP contribution in [0.2, 0.25) is 0 Å². The highest BCUT2D eigenvalue weighted by Crippen LogP contribution is 2.32. The molecule has 0 radical (unpaired) electrons.